The van der Waals surface area contributed by atoms with Gasteiger partial charge in [-0.3, -0.25) is 0 Å². The van der Waals surface area contributed by atoms with Gasteiger partial charge in [-0.25, -0.2) is 14.8 Å². The van der Waals surface area contributed by atoms with Crippen LogP contribution in [-0.4, -0.2) is 60.0 Å². The Labute approximate surface area is 172 Å². The molecule has 0 bridgehead atoms. The van der Waals surface area contributed by atoms with E-state index in [4.69, 9.17) is 0 Å². The second kappa shape index (κ2) is 9.06. The summed E-state index contributed by atoms with van der Waals surface area (Å²) < 4.78 is 41.6. The highest BCUT2D eigenvalue weighted by molar-refractivity contribution is 5.91. The van der Waals surface area contributed by atoms with E-state index in [1.165, 1.54) is 18.2 Å². The number of amides is 2. The Kier molecular flexibility index (Phi) is 6.48. The maximum atomic E-state index is 12.6. The van der Waals surface area contributed by atoms with Gasteiger partial charge < -0.3 is 25.2 Å². The first-order valence-electron chi connectivity index (χ1n) is 9.50. The van der Waals surface area contributed by atoms with Crippen LogP contribution in [0.5, 0.6) is 5.75 Å². The summed E-state index contributed by atoms with van der Waals surface area (Å²) in [6, 6.07) is 6.82. The van der Waals surface area contributed by atoms with Crippen molar-refractivity contribution in [3.05, 3.63) is 36.2 Å². The molecule has 8 nitrogen and oxygen atoms in total. The zero-order valence-corrected chi connectivity index (χ0v) is 16.7. The third kappa shape index (κ3) is 5.65. The van der Waals surface area contributed by atoms with Crippen molar-refractivity contribution in [2.45, 2.75) is 20.2 Å². The first-order valence-corrected chi connectivity index (χ1v) is 9.50. The Morgan fingerprint density at radius 1 is 1.17 bits per heavy atom. The molecule has 3 rings (SSSR count). The van der Waals surface area contributed by atoms with E-state index in [-0.39, 0.29) is 5.69 Å². The average molecular weight is 424 g/mol. The molecule has 0 saturated carbocycles. The highest BCUT2D eigenvalue weighted by Crippen LogP contribution is 2.30. The molecule has 0 aliphatic carbocycles. The molecule has 0 atom stereocenters. The number of nitrogens with one attached hydrogen (secondary N) is 2. The van der Waals surface area contributed by atoms with Crippen LogP contribution in [0.1, 0.15) is 12.7 Å². The second-order valence-corrected chi connectivity index (χ2v) is 6.64. The minimum Gasteiger partial charge on any atom is -0.404 e. The van der Waals surface area contributed by atoms with E-state index < -0.39 is 18.1 Å². The summed E-state index contributed by atoms with van der Waals surface area (Å²) in [7, 11) is 0. The number of alkyl halides is 3. The van der Waals surface area contributed by atoms with Gasteiger partial charge in [0.05, 0.1) is 5.69 Å². The number of hydrogen-bond donors (Lipinski definition) is 2. The van der Waals surface area contributed by atoms with Crippen LogP contribution in [0.2, 0.25) is 0 Å². The van der Waals surface area contributed by atoms with Crippen molar-refractivity contribution in [3.8, 4) is 5.75 Å². The van der Waals surface area contributed by atoms with Crippen LogP contribution in [0, 0.1) is 6.92 Å². The van der Waals surface area contributed by atoms with E-state index in [9.17, 15) is 18.0 Å². The number of halogens is 3. The van der Waals surface area contributed by atoms with Gasteiger partial charge in [-0.2, -0.15) is 0 Å². The van der Waals surface area contributed by atoms with Gasteiger partial charge in [0.1, 0.15) is 17.5 Å². The quantitative estimate of drug-likeness (QED) is 0.765. The number of carbonyl (C=O) groups excluding carboxylic acids is 1. The molecule has 1 fully saturated rings. The average Bonchev–Trinajstić information content (AvgIpc) is 2.68. The van der Waals surface area contributed by atoms with Crippen LogP contribution in [0.15, 0.2) is 30.3 Å². The van der Waals surface area contributed by atoms with E-state index in [0.29, 0.717) is 32.0 Å². The molecule has 2 amide bonds. The standard InChI is InChI=1S/C19H23F3N6O2/c1-3-23-16-12-17(25-13(2)24-16)27-8-10-28(11-9-27)18(29)26-14-6-4-5-7-15(14)30-19(20,21)22/h4-7,12H,3,8-11H2,1-2H3,(H,26,29)(H,23,24,25). The fraction of sp³-hybridized carbons (Fsp3) is 0.421. The number of carbonyl (C=O) groups is 1. The van der Waals surface area contributed by atoms with Crippen molar-refractivity contribution < 1.29 is 22.7 Å². The molecule has 0 radical (unpaired) electrons. The largest absolute Gasteiger partial charge is 0.573 e. The molecule has 30 heavy (non-hydrogen) atoms. The number of piperazine rings is 1. The van der Waals surface area contributed by atoms with Gasteiger partial charge in [-0.15, -0.1) is 13.2 Å². The van der Waals surface area contributed by atoms with Crippen LogP contribution in [0.3, 0.4) is 0 Å². The van der Waals surface area contributed by atoms with Crippen molar-refractivity contribution in [1.82, 2.24) is 14.9 Å². The number of anilines is 3. The number of para-hydroxylation sites is 2. The summed E-state index contributed by atoms with van der Waals surface area (Å²) in [5.41, 5.74) is -0.0380. The summed E-state index contributed by atoms with van der Waals surface area (Å²) in [6.45, 7) is 6.40. The lowest BCUT2D eigenvalue weighted by molar-refractivity contribution is -0.274. The smallest absolute Gasteiger partial charge is 0.404 e. The Morgan fingerprint density at radius 3 is 2.53 bits per heavy atom. The Bertz CT molecular complexity index is 885. The third-order valence-electron chi connectivity index (χ3n) is 4.43. The zero-order valence-electron chi connectivity index (χ0n) is 16.7. The van der Waals surface area contributed by atoms with Gasteiger partial charge in [0, 0.05) is 38.8 Å². The van der Waals surface area contributed by atoms with E-state index in [2.05, 4.69) is 25.3 Å². The minimum atomic E-state index is -4.84. The minimum absolute atomic E-state index is 0.0380. The van der Waals surface area contributed by atoms with Crippen molar-refractivity contribution in [1.29, 1.82) is 0 Å². The van der Waals surface area contributed by atoms with Gasteiger partial charge in [0.25, 0.3) is 0 Å². The van der Waals surface area contributed by atoms with Gasteiger partial charge in [0.2, 0.25) is 0 Å². The number of nitrogens with zero attached hydrogens (tertiary/aromatic N) is 4. The summed E-state index contributed by atoms with van der Waals surface area (Å²) in [6.07, 6.45) is -4.84. The van der Waals surface area contributed by atoms with Gasteiger partial charge in [-0.1, -0.05) is 12.1 Å². The van der Waals surface area contributed by atoms with Crippen molar-refractivity contribution in [2.75, 3.05) is 48.3 Å². The highest BCUT2D eigenvalue weighted by atomic mass is 19.4. The maximum Gasteiger partial charge on any atom is 0.573 e. The highest BCUT2D eigenvalue weighted by Gasteiger charge is 2.32. The monoisotopic (exact) mass is 424 g/mol. The molecular formula is C19H23F3N6O2. The fourth-order valence-electron chi connectivity index (χ4n) is 3.10. The lowest BCUT2D eigenvalue weighted by Gasteiger charge is -2.35. The summed E-state index contributed by atoms with van der Waals surface area (Å²) in [4.78, 5) is 24.9. The number of urea groups is 1. The molecule has 0 unspecified atom stereocenters. The summed E-state index contributed by atoms with van der Waals surface area (Å²) in [5.74, 6) is 1.69. The molecular weight excluding hydrogens is 401 g/mol. The molecule has 2 N–H and O–H groups in total. The normalized spacial score (nSPS) is 14.4. The SMILES string of the molecule is CCNc1cc(N2CCN(C(=O)Nc3ccccc3OC(F)(F)F)CC2)nc(C)n1. The second-order valence-electron chi connectivity index (χ2n) is 6.64. The Balaban J connectivity index is 1.61. The molecule has 1 aromatic carbocycles. The van der Waals surface area contributed by atoms with E-state index in [1.54, 1.807) is 4.90 Å². The lowest BCUT2D eigenvalue weighted by Crippen LogP contribution is -2.50. The number of ether oxygens (including phenoxy) is 1. The first kappa shape index (κ1) is 21.5. The van der Waals surface area contributed by atoms with Crippen molar-refractivity contribution in [3.63, 3.8) is 0 Å². The van der Waals surface area contributed by atoms with Gasteiger partial charge in [-0.05, 0) is 26.0 Å². The van der Waals surface area contributed by atoms with Crippen LogP contribution in [-0.2, 0) is 0 Å². The molecule has 2 aromatic rings. The van der Waals surface area contributed by atoms with Crippen LogP contribution in [0.25, 0.3) is 0 Å². The number of rotatable bonds is 5. The van der Waals surface area contributed by atoms with E-state index >= 15 is 0 Å². The van der Waals surface area contributed by atoms with Crippen molar-refractivity contribution in [2.24, 2.45) is 0 Å². The van der Waals surface area contributed by atoms with Crippen LogP contribution >= 0.6 is 0 Å². The number of benzene rings is 1. The van der Waals surface area contributed by atoms with Gasteiger partial charge >= 0.3 is 12.4 Å². The Hall–Kier alpha value is -3.24. The van der Waals surface area contributed by atoms with Crippen molar-refractivity contribution >= 4 is 23.4 Å². The molecule has 0 spiro atoms. The van der Waals surface area contributed by atoms with E-state index in [1.807, 2.05) is 24.8 Å². The van der Waals surface area contributed by atoms with Crippen LogP contribution in [0.4, 0.5) is 35.3 Å². The molecule has 11 heteroatoms. The first-order chi connectivity index (χ1) is 14.2. The molecule has 2 heterocycles. The fourth-order valence-corrected chi connectivity index (χ4v) is 3.10. The Morgan fingerprint density at radius 2 is 1.87 bits per heavy atom. The number of hydrogen-bond acceptors (Lipinski definition) is 6. The summed E-state index contributed by atoms with van der Waals surface area (Å²) in [5, 5.41) is 5.66. The maximum absolute atomic E-state index is 12.6. The predicted molar refractivity (Wildman–Crippen MR) is 107 cm³/mol. The predicted octanol–water partition coefficient (Wildman–Crippen LogP) is 3.47. The lowest BCUT2D eigenvalue weighted by atomic mass is 10.3. The third-order valence-corrected chi connectivity index (χ3v) is 4.43. The molecule has 162 valence electrons. The number of aromatic nitrogens is 2. The zero-order chi connectivity index (χ0) is 21.7. The summed E-state index contributed by atoms with van der Waals surface area (Å²) >= 11 is 0. The molecule has 1 aliphatic rings. The molecule has 1 saturated heterocycles. The van der Waals surface area contributed by atoms with Crippen LogP contribution < -0.4 is 20.3 Å². The number of aryl methyl sites for hydroxylation is 1. The van der Waals surface area contributed by atoms with Gasteiger partial charge in [0.15, 0.2) is 5.75 Å². The molecule has 1 aliphatic heterocycles. The van der Waals surface area contributed by atoms with E-state index in [0.717, 1.165) is 24.2 Å². The topological polar surface area (TPSA) is 82.6 Å². The molecule has 1 aromatic heterocycles.